The molecule has 3 rings (SSSR count). The predicted octanol–water partition coefficient (Wildman–Crippen LogP) is 1.21. The predicted molar refractivity (Wildman–Crippen MR) is 99.4 cm³/mol. The molecule has 2 heterocycles. The van der Waals surface area contributed by atoms with Gasteiger partial charge in [-0.2, -0.15) is 0 Å². The highest BCUT2D eigenvalue weighted by atomic mass is 32.1. The number of aliphatic hydroxyl groups excluding tert-OH is 3. The zero-order valence-electron chi connectivity index (χ0n) is 14.5. The van der Waals surface area contributed by atoms with Crippen LogP contribution in [0.5, 0.6) is 0 Å². The molecule has 26 heavy (non-hydrogen) atoms. The van der Waals surface area contributed by atoms with Crippen molar-refractivity contribution >= 4 is 12.6 Å². The molecule has 1 aliphatic heterocycles. The van der Waals surface area contributed by atoms with Gasteiger partial charge in [0.2, 0.25) is 0 Å². The van der Waals surface area contributed by atoms with Crippen molar-refractivity contribution in [1.29, 1.82) is 0 Å². The van der Waals surface area contributed by atoms with E-state index in [2.05, 4.69) is 22.9 Å². The number of hydrogen-bond acceptors (Lipinski definition) is 7. The summed E-state index contributed by atoms with van der Waals surface area (Å²) < 4.78 is 7.56. The van der Waals surface area contributed by atoms with Crippen molar-refractivity contribution in [3.8, 4) is 0 Å². The number of ether oxygens (including phenoxy) is 1. The highest BCUT2D eigenvalue weighted by molar-refractivity contribution is 7.83. The number of aliphatic hydroxyl groups is 3. The number of nitrogens with one attached hydrogen (secondary N) is 1. The zero-order chi connectivity index (χ0) is 18.8. The van der Waals surface area contributed by atoms with Gasteiger partial charge in [0.25, 0.3) is 0 Å². The van der Waals surface area contributed by atoms with Gasteiger partial charge in [-0.25, -0.2) is 4.98 Å². The Bertz CT molecular complexity index is 794. The van der Waals surface area contributed by atoms with E-state index in [0.717, 1.165) is 5.69 Å². The number of hydrogen-bond donors (Lipinski definition) is 5. The Kier molecular flexibility index (Phi) is 5.69. The average molecular weight is 377 g/mol. The van der Waals surface area contributed by atoms with Crippen LogP contribution in [0.1, 0.15) is 35.3 Å². The molecule has 0 radical (unpaired) electrons. The maximum Gasteiger partial charge on any atom is 0.164 e. The zero-order valence-corrected chi connectivity index (χ0v) is 15.4. The minimum atomic E-state index is -1.10. The molecule has 0 saturated carbocycles. The summed E-state index contributed by atoms with van der Waals surface area (Å²) in [6.45, 7) is 1.84. The van der Waals surface area contributed by atoms with E-state index in [1.54, 1.807) is 48.4 Å². The van der Waals surface area contributed by atoms with Gasteiger partial charge < -0.3 is 29.9 Å². The van der Waals surface area contributed by atoms with E-state index in [9.17, 15) is 15.3 Å². The maximum absolute atomic E-state index is 10.5. The SMILES string of the molecule is CN/C(=C\S)C(O)c1cccc([C@@H]2O[C@@H](n3cnc(C)c3)[C@@H](O)[C@H]2O)c1. The standard InChI is InChI=1S/C18H23N3O4S/c1-10-7-21(9-20-10)18-16(24)15(23)17(25-18)12-5-3-4-11(6-12)14(22)13(8-26)19-2/h3-9,14-19,22-24,26H,1-2H3/b13-8-/t14?,15-,16+,17+,18-/m1/s1. The molecule has 5 atom stereocenters. The van der Waals surface area contributed by atoms with Gasteiger partial charge in [-0.15, -0.1) is 12.6 Å². The van der Waals surface area contributed by atoms with Gasteiger partial charge in [0.05, 0.1) is 17.7 Å². The van der Waals surface area contributed by atoms with Crippen molar-refractivity contribution in [1.82, 2.24) is 14.9 Å². The van der Waals surface area contributed by atoms with E-state index in [1.807, 2.05) is 6.92 Å². The smallest absolute Gasteiger partial charge is 0.164 e. The molecular formula is C18H23N3O4S. The average Bonchev–Trinajstić information content (AvgIpc) is 3.20. The van der Waals surface area contributed by atoms with Gasteiger partial charge in [0, 0.05) is 13.2 Å². The quantitative estimate of drug-likeness (QED) is 0.502. The van der Waals surface area contributed by atoms with Crippen molar-refractivity contribution in [3.05, 3.63) is 64.7 Å². The fourth-order valence-corrected chi connectivity index (χ4v) is 3.39. The molecule has 1 aliphatic rings. The van der Waals surface area contributed by atoms with E-state index in [-0.39, 0.29) is 0 Å². The normalized spacial score (nSPS) is 27.5. The van der Waals surface area contributed by atoms with Crippen molar-refractivity contribution in [2.24, 2.45) is 0 Å². The molecule has 7 nitrogen and oxygen atoms in total. The number of likely N-dealkylation sites (N-methyl/N-ethyl adjacent to an activating group) is 1. The fourth-order valence-electron chi connectivity index (χ4n) is 3.12. The molecule has 2 aromatic rings. The Labute approximate surface area is 157 Å². The van der Waals surface area contributed by atoms with Crippen LogP contribution in [0.2, 0.25) is 0 Å². The number of thiol groups is 1. The number of rotatable bonds is 5. The lowest BCUT2D eigenvalue weighted by atomic mass is 9.98. The molecule has 1 saturated heterocycles. The lowest BCUT2D eigenvalue weighted by Crippen LogP contribution is -2.28. The summed E-state index contributed by atoms with van der Waals surface area (Å²) in [5, 5.41) is 35.7. The highest BCUT2D eigenvalue weighted by Crippen LogP contribution is 2.39. The van der Waals surface area contributed by atoms with Gasteiger partial charge in [-0.1, -0.05) is 24.3 Å². The Morgan fingerprint density at radius 1 is 1.38 bits per heavy atom. The van der Waals surface area contributed by atoms with Gasteiger partial charge in [-0.05, 0) is 23.5 Å². The maximum atomic E-state index is 10.5. The van der Waals surface area contributed by atoms with Crippen LogP contribution in [0.25, 0.3) is 0 Å². The molecule has 0 aliphatic carbocycles. The molecular weight excluding hydrogens is 354 g/mol. The molecule has 1 aromatic heterocycles. The van der Waals surface area contributed by atoms with E-state index >= 15 is 0 Å². The van der Waals surface area contributed by atoms with Crippen LogP contribution in [-0.4, -0.2) is 44.1 Å². The highest BCUT2D eigenvalue weighted by Gasteiger charge is 2.44. The first kappa shape index (κ1) is 18.9. The van der Waals surface area contributed by atoms with Crippen LogP contribution in [0.4, 0.5) is 0 Å². The van der Waals surface area contributed by atoms with Crippen LogP contribution < -0.4 is 5.32 Å². The number of benzene rings is 1. The lowest BCUT2D eigenvalue weighted by molar-refractivity contribution is -0.0380. The fraction of sp³-hybridized carbons (Fsp3) is 0.389. The summed E-state index contributed by atoms with van der Waals surface area (Å²) in [5.74, 6) is 0. The van der Waals surface area contributed by atoms with Crippen molar-refractivity contribution in [3.63, 3.8) is 0 Å². The van der Waals surface area contributed by atoms with Crippen molar-refractivity contribution in [2.45, 2.75) is 37.6 Å². The summed E-state index contributed by atoms with van der Waals surface area (Å²) in [6, 6.07) is 7.09. The summed E-state index contributed by atoms with van der Waals surface area (Å²) in [5.41, 5.74) is 2.64. The first-order chi connectivity index (χ1) is 12.5. The van der Waals surface area contributed by atoms with E-state index in [4.69, 9.17) is 4.74 Å². The topological polar surface area (TPSA) is 99.8 Å². The third kappa shape index (κ3) is 3.51. The third-order valence-corrected chi connectivity index (χ3v) is 4.82. The first-order valence-corrected chi connectivity index (χ1v) is 8.79. The lowest BCUT2D eigenvalue weighted by Gasteiger charge is -2.19. The van der Waals surface area contributed by atoms with E-state index in [0.29, 0.717) is 16.8 Å². The Morgan fingerprint density at radius 2 is 2.15 bits per heavy atom. The van der Waals surface area contributed by atoms with E-state index in [1.165, 1.54) is 5.41 Å². The second-order valence-electron chi connectivity index (χ2n) is 6.30. The molecule has 0 bridgehead atoms. The monoisotopic (exact) mass is 377 g/mol. The summed E-state index contributed by atoms with van der Waals surface area (Å²) in [6.07, 6.45) is -1.20. The molecule has 1 aromatic carbocycles. The molecule has 1 fully saturated rings. The molecule has 0 spiro atoms. The molecule has 0 amide bonds. The summed E-state index contributed by atoms with van der Waals surface area (Å²) >= 11 is 4.09. The summed E-state index contributed by atoms with van der Waals surface area (Å²) in [7, 11) is 1.70. The van der Waals surface area contributed by atoms with Crippen LogP contribution in [0.3, 0.4) is 0 Å². The van der Waals surface area contributed by atoms with Crippen molar-refractivity contribution < 1.29 is 20.1 Å². The van der Waals surface area contributed by atoms with Crippen molar-refractivity contribution in [2.75, 3.05) is 7.05 Å². The van der Waals surface area contributed by atoms with E-state index < -0.39 is 30.6 Å². The number of aromatic nitrogens is 2. The van der Waals surface area contributed by atoms with Crippen LogP contribution >= 0.6 is 12.6 Å². The summed E-state index contributed by atoms with van der Waals surface area (Å²) in [4.78, 5) is 4.13. The Balaban J connectivity index is 1.86. The number of aryl methyl sites for hydroxylation is 1. The molecule has 8 heteroatoms. The largest absolute Gasteiger partial charge is 0.389 e. The third-order valence-electron chi connectivity index (χ3n) is 4.54. The van der Waals surface area contributed by atoms with Crippen LogP contribution in [-0.2, 0) is 4.74 Å². The first-order valence-electron chi connectivity index (χ1n) is 8.28. The molecule has 1 unspecified atom stereocenters. The van der Waals surface area contributed by atoms with Gasteiger partial charge in [-0.3, -0.25) is 0 Å². The van der Waals surface area contributed by atoms with Gasteiger partial charge in [0.15, 0.2) is 6.23 Å². The Morgan fingerprint density at radius 3 is 2.77 bits per heavy atom. The second kappa shape index (κ2) is 7.81. The number of imidazole rings is 1. The Hall–Kier alpha value is -1.84. The second-order valence-corrected chi connectivity index (χ2v) is 6.56. The minimum absolute atomic E-state index is 0.546. The molecule has 140 valence electrons. The minimum Gasteiger partial charge on any atom is -0.389 e. The van der Waals surface area contributed by atoms with Gasteiger partial charge in [0.1, 0.15) is 24.4 Å². The van der Waals surface area contributed by atoms with Crippen LogP contribution in [0, 0.1) is 6.92 Å². The molecule has 4 N–H and O–H groups in total. The van der Waals surface area contributed by atoms with Gasteiger partial charge >= 0.3 is 0 Å². The van der Waals surface area contributed by atoms with Crippen LogP contribution in [0.15, 0.2) is 47.9 Å². The number of nitrogens with zero attached hydrogens (tertiary/aromatic N) is 2.